The lowest BCUT2D eigenvalue weighted by molar-refractivity contribution is -0.136. The molecule has 1 spiro atoms. The third kappa shape index (κ3) is 5.93. The fraction of sp³-hybridized carbons (Fsp3) is 0.833. The second-order valence-electron chi connectivity index (χ2n) is 10.5. The molecule has 3 aliphatic rings. The molecule has 0 radical (unpaired) electrons. The number of aromatic nitrogens is 2. The summed E-state index contributed by atoms with van der Waals surface area (Å²) in [5.74, 6) is 1.54. The Morgan fingerprint density at radius 1 is 1.18 bits per heavy atom. The largest absolute Gasteiger partial charge is 0.355 e. The van der Waals surface area contributed by atoms with Crippen LogP contribution in [0.15, 0.2) is 4.52 Å². The lowest BCUT2D eigenvalue weighted by atomic mass is 9.76. The van der Waals surface area contributed by atoms with E-state index in [9.17, 15) is 9.59 Å². The van der Waals surface area contributed by atoms with E-state index >= 15 is 0 Å². The quantitative estimate of drug-likeness (QED) is 0.593. The molecule has 2 amide bonds. The highest BCUT2D eigenvalue weighted by atomic mass is 16.5. The zero-order chi connectivity index (χ0) is 23.4. The first kappa shape index (κ1) is 24.1. The predicted molar refractivity (Wildman–Crippen MR) is 124 cm³/mol. The van der Waals surface area contributed by atoms with Gasteiger partial charge in [0.15, 0.2) is 5.82 Å². The highest BCUT2D eigenvalue weighted by Crippen LogP contribution is 2.48. The first-order valence-corrected chi connectivity index (χ1v) is 12.7. The molecule has 33 heavy (non-hydrogen) atoms. The lowest BCUT2D eigenvalue weighted by Gasteiger charge is -2.40. The van der Waals surface area contributed by atoms with E-state index in [-0.39, 0.29) is 29.2 Å². The van der Waals surface area contributed by atoms with Crippen LogP contribution in [0.25, 0.3) is 0 Å². The smallest absolute Gasteiger partial charge is 0.244 e. The van der Waals surface area contributed by atoms with Gasteiger partial charge in [-0.25, -0.2) is 0 Å². The first-order valence-electron chi connectivity index (χ1n) is 12.7. The van der Waals surface area contributed by atoms with Gasteiger partial charge in [-0.3, -0.25) is 14.5 Å². The highest BCUT2D eigenvalue weighted by molar-refractivity contribution is 5.78. The Morgan fingerprint density at radius 3 is 2.55 bits per heavy atom. The number of aryl methyl sites for hydroxylation is 1. The summed E-state index contributed by atoms with van der Waals surface area (Å²) < 4.78 is 5.54. The average Bonchev–Trinajstić information content (AvgIpc) is 3.52. The third-order valence-electron chi connectivity index (χ3n) is 7.58. The number of hydrogen-bond donors (Lipinski definition) is 1. The van der Waals surface area contributed by atoms with Gasteiger partial charge in [-0.2, -0.15) is 4.98 Å². The molecule has 4 heterocycles. The molecular weight excluding hydrogens is 420 g/mol. The van der Waals surface area contributed by atoms with Crippen molar-refractivity contribution in [1.29, 1.82) is 0 Å². The van der Waals surface area contributed by atoms with Crippen LogP contribution in [0.2, 0.25) is 0 Å². The fourth-order valence-corrected chi connectivity index (χ4v) is 5.71. The molecule has 1 aromatic rings. The van der Waals surface area contributed by atoms with Gasteiger partial charge in [-0.1, -0.05) is 19.0 Å². The van der Waals surface area contributed by atoms with Gasteiger partial charge in [0.2, 0.25) is 17.7 Å². The van der Waals surface area contributed by atoms with E-state index in [1.165, 1.54) is 25.9 Å². The maximum absolute atomic E-state index is 12.8. The summed E-state index contributed by atoms with van der Waals surface area (Å²) in [6.07, 6.45) is 6.36. The summed E-state index contributed by atoms with van der Waals surface area (Å²) in [5.41, 5.74) is 0.0802. The summed E-state index contributed by atoms with van der Waals surface area (Å²) >= 11 is 0. The van der Waals surface area contributed by atoms with Crippen LogP contribution in [-0.4, -0.2) is 89.0 Å². The van der Waals surface area contributed by atoms with Crippen molar-refractivity contribution in [3.05, 3.63) is 11.7 Å². The number of piperidine rings is 1. The van der Waals surface area contributed by atoms with E-state index in [4.69, 9.17) is 4.52 Å². The van der Waals surface area contributed by atoms with Crippen LogP contribution in [-0.2, 0) is 9.59 Å². The SMILES string of the molecule is Cc1noc(C2CC3(CCN(C(=O)C(C)C)CC3)CN2CC(=O)NCCCN2CCCC2)n1. The highest BCUT2D eigenvalue weighted by Gasteiger charge is 2.48. The van der Waals surface area contributed by atoms with E-state index in [1.807, 2.05) is 25.7 Å². The molecule has 0 bridgehead atoms. The van der Waals surface area contributed by atoms with Crippen molar-refractivity contribution in [1.82, 2.24) is 30.2 Å². The van der Waals surface area contributed by atoms with Crippen molar-refractivity contribution in [3.8, 4) is 0 Å². The van der Waals surface area contributed by atoms with Gasteiger partial charge < -0.3 is 19.6 Å². The summed E-state index contributed by atoms with van der Waals surface area (Å²) in [7, 11) is 0. The van der Waals surface area contributed by atoms with Crippen LogP contribution >= 0.6 is 0 Å². The Kier molecular flexibility index (Phi) is 7.69. The minimum Gasteiger partial charge on any atom is -0.355 e. The molecule has 0 aliphatic carbocycles. The van der Waals surface area contributed by atoms with Gasteiger partial charge in [0.1, 0.15) is 0 Å². The predicted octanol–water partition coefficient (Wildman–Crippen LogP) is 1.99. The fourth-order valence-electron chi connectivity index (χ4n) is 5.71. The minimum atomic E-state index is -0.0473. The Labute approximate surface area is 197 Å². The van der Waals surface area contributed by atoms with E-state index < -0.39 is 0 Å². The van der Waals surface area contributed by atoms with E-state index in [2.05, 4.69) is 25.3 Å². The van der Waals surface area contributed by atoms with Crippen molar-refractivity contribution in [2.75, 3.05) is 52.4 Å². The van der Waals surface area contributed by atoms with Crippen molar-refractivity contribution in [2.24, 2.45) is 11.3 Å². The molecule has 3 fully saturated rings. The number of amides is 2. The Hall–Kier alpha value is -2.00. The molecule has 184 valence electrons. The van der Waals surface area contributed by atoms with Crippen LogP contribution in [0.1, 0.15) is 70.1 Å². The standard InChI is InChI=1S/C24H40N6O3/c1-18(2)23(32)29-13-7-24(8-14-29)15-20(22-26-19(3)27-33-22)30(17-24)16-21(31)25-9-6-12-28-10-4-5-11-28/h18,20H,4-17H2,1-3H3,(H,25,31). The van der Waals surface area contributed by atoms with Crippen LogP contribution < -0.4 is 5.32 Å². The number of nitrogens with one attached hydrogen (secondary N) is 1. The topological polar surface area (TPSA) is 94.8 Å². The molecule has 1 atom stereocenters. The molecule has 3 saturated heterocycles. The summed E-state index contributed by atoms with van der Waals surface area (Å²) in [5, 5.41) is 7.10. The zero-order valence-electron chi connectivity index (χ0n) is 20.5. The summed E-state index contributed by atoms with van der Waals surface area (Å²) in [4.78, 5) is 36.4. The van der Waals surface area contributed by atoms with Crippen LogP contribution in [0.5, 0.6) is 0 Å². The molecule has 1 aromatic heterocycles. The van der Waals surface area contributed by atoms with Crippen LogP contribution in [0.4, 0.5) is 0 Å². The monoisotopic (exact) mass is 460 g/mol. The number of nitrogens with zero attached hydrogens (tertiary/aromatic N) is 5. The molecule has 3 aliphatic heterocycles. The summed E-state index contributed by atoms with van der Waals surface area (Å²) in [6, 6.07) is -0.0473. The van der Waals surface area contributed by atoms with E-state index in [0.717, 1.165) is 51.9 Å². The molecule has 0 saturated carbocycles. The summed E-state index contributed by atoms with van der Waals surface area (Å²) in [6.45, 7) is 12.6. The first-order chi connectivity index (χ1) is 15.8. The number of rotatable bonds is 8. The van der Waals surface area contributed by atoms with Gasteiger partial charge in [-0.05, 0) is 70.5 Å². The average molecular weight is 461 g/mol. The van der Waals surface area contributed by atoms with E-state index in [0.29, 0.717) is 24.8 Å². The molecule has 9 nitrogen and oxygen atoms in total. The van der Waals surface area contributed by atoms with Crippen molar-refractivity contribution >= 4 is 11.8 Å². The molecule has 1 unspecified atom stereocenters. The second kappa shape index (κ2) is 10.5. The van der Waals surface area contributed by atoms with Gasteiger partial charge in [0, 0.05) is 32.1 Å². The third-order valence-corrected chi connectivity index (χ3v) is 7.58. The van der Waals surface area contributed by atoms with Gasteiger partial charge in [-0.15, -0.1) is 0 Å². The van der Waals surface area contributed by atoms with Crippen molar-refractivity contribution < 1.29 is 14.1 Å². The normalized spacial score (nSPS) is 23.6. The van der Waals surface area contributed by atoms with Gasteiger partial charge in [0.25, 0.3) is 0 Å². The molecule has 9 heteroatoms. The Morgan fingerprint density at radius 2 is 1.91 bits per heavy atom. The maximum atomic E-state index is 12.8. The molecule has 1 N–H and O–H groups in total. The van der Waals surface area contributed by atoms with E-state index in [1.54, 1.807) is 0 Å². The van der Waals surface area contributed by atoms with Crippen molar-refractivity contribution in [2.45, 2.75) is 65.3 Å². The Bertz CT molecular complexity index is 811. The van der Waals surface area contributed by atoms with Gasteiger partial charge in [0.05, 0.1) is 12.6 Å². The second-order valence-corrected chi connectivity index (χ2v) is 10.5. The van der Waals surface area contributed by atoms with Crippen LogP contribution in [0.3, 0.4) is 0 Å². The number of likely N-dealkylation sites (tertiary alicyclic amines) is 3. The van der Waals surface area contributed by atoms with Crippen molar-refractivity contribution in [3.63, 3.8) is 0 Å². The van der Waals surface area contributed by atoms with Crippen LogP contribution in [0, 0.1) is 18.3 Å². The minimum absolute atomic E-state index is 0.0300. The number of hydrogen-bond acceptors (Lipinski definition) is 7. The molecule has 0 aromatic carbocycles. The Balaban J connectivity index is 1.33. The number of carbonyl (C=O) groups excluding carboxylic acids is 2. The number of carbonyl (C=O) groups is 2. The molecular formula is C24H40N6O3. The lowest BCUT2D eigenvalue weighted by Crippen LogP contribution is -2.46. The molecule has 4 rings (SSSR count). The zero-order valence-corrected chi connectivity index (χ0v) is 20.5. The maximum Gasteiger partial charge on any atom is 0.244 e. The van der Waals surface area contributed by atoms with Gasteiger partial charge >= 0.3 is 0 Å².